The van der Waals surface area contributed by atoms with E-state index in [0.717, 1.165) is 19.5 Å². The van der Waals surface area contributed by atoms with Gasteiger partial charge in [-0.05, 0) is 50.5 Å². The van der Waals surface area contributed by atoms with E-state index in [1.807, 2.05) is 0 Å². The number of nitrogens with zero attached hydrogens (tertiary/aromatic N) is 1. The number of anilines is 1. The molecular weight excluding hydrogens is 224 g/mol. The molecule has 0 bridgehead atoms. The highest BCUT2D eigenvalue weighted by molar-refractivity contribution is 5.52. The third-order valence-electron chi connectivity index (χ3n) is 3.67. The highest BCUT2D eigenvalue weighted by atomic mass is 16.3. The molecule has 0 saturated carbocycles. The van der Waals surface area contributed by atoms with Crippen LogP contribution in [0, 0.1) is 13.8 Å². The average molecular weight is 248 g/mol. The van der Waals surface area contributed by atoms with Crippen LogP contribution in [0.1, 0.15) is 24.5 Å². The normalized spacial score (nSPS) is 24.3. The van der Waals surface area contributed by atoms with Gasteiger partial charge >= 0.3 is 0 Å². The third-order valence-corrected chi connectivity index (χ3v) is 3.67. The first kappa shape index (κ1) is 13.4. The summed E-state index contributed by atoms with van der Waals surface area (Å²) in [5.74, 6) is 0. The monoisotopic (exact) mass is 248 g/mol. The van der Waals surface area contributed by atoms with E-state index in [4.69, 9.17) is 5.11 Å². The van der Waals surface area contributed by atoms with E-state index in [-0.39, 0.29) is 6.61 Å². The van der Waals surface area contributed by atoms with Crippen molar-refractivity contribution in [1.29, 1.82) is 0 Å². The minimum Gasteiger partial charge on any atom is -0.396 e. The molecule has 1 aliphatic rings. The van der Waals surface area contributed by atoms with Gasteiger partial charge in [0.2, 0.25) is 0 Å². The van der Waals surface area contributed by atoms with Gasteiger partial charge in [-0.2, -0.15) is 0 Å². The summed E-state index contributed by atoms with van der Waals surface area (Å²) in [6, 6.07) is 7.62. The van der Waals surface area contributed by atoms with Crippen molar-refractivity contribution in [3.05, 3.63) is 29.3 Å². The number of nitrogens with one attached hydrogen (secondary N) is 1. The van der Waals surface area contributed by atoms with E-state index < -0.39 is 0 Å². The molecule has 1 aliphatic heterocycles. The summed E-state index contributed by atoms with van der Waals surface area (Å²) in [5, 5.41) is 12.6. The van der Waals surface area contributed by atoms with E-state index in [9.17, 15) is 0 Å². The van der Waals surface area contributed by atoms with Gasteiger partial charge in [0.1, 0.15) is 0 Å². The molecule has 1 fully saturated rings. The lowest BCUT2D eigenvalue weighted by Gasteiger charge is -2.40. The van der Waals surface area contributed by atoms with Gasteiger partial charge in [0.15, 0.2) is 0 Å². The molecule has 0 aliphatic carbocycles. The lowest BCUT2D eigenvalue weighted by molar-refractivity contribution is 0.254. The van der Waals surface area contributed by atoms with E-state index in [2.05, 4.69) is 49.2 Å². The number of aliphatic hydroxyl groups excluding tert-OH is 1. The molecule has 2 N–H and O–H groups in total. The Kier molecular flexibility index (Phi) is 4.25. The van der Waals surface area contributed by atoms with Crippen LogP contribution in [0.15, 0.2) is 18.2 Å². The van der Waals surface area contributed by atoms with E-state index in [1.165, 1.54) is 16.8 Å². The molecule has 3 nitrogen and oxygen atoms in total. The second kappa shape index (κ2) is 5.72. The molecule has 0 amide bonds. The molecule has 1 saturated heterocycles. The lowest BCUT2D eigenvalue weighted by Crippen LogP contribution is -2.55. The number of benzene rings is 1. The molecule has 0 spiro atoms. The van der Waals surface area contributed by atoms with Crippen LogP contribution in [-0.4, -0.2) is 36.9 Å². The highest BCUT2D eigenvalue weighted by Gasteiger charge is 2.24. The Bertz CT molecular complexity index is 385. The molecular formula is C15H24N2O. The predicted octanol–water partition coefficient (Wildman–Crippen LogP) is 1.85. The zero-order valence-electron chi connectivity index (χ0n) is 11.6. The van der Waals surface area contributed by atoms with E-state index >= 15 is 0 Å². The van der Waals surface area contributed by atoms with Crippen molar-refractivity contribution in [3.63, 3.8) is 0 Å². The lowest BCUT2D eigenvalue weighted by atomic mass is 10.0. The van der Waals surface area contributed by atoms with Crippen molar-refractivity contribution in [2.45, 2.75) is 39.3 Å². The highest BCUT2D eigenvalue weighted by Crippen LogP contribution is 2.23. The Morgan fingerprint density at radius 3 is 2.56 bits per heavy atom. The summed E-state index contributed by atoms with van der Waals surface area (Å²) in [7, 11) is 0. The van der Waals surface area contributed by atoms with Gasteiger partial charge < -0.3 is 15.3 Å². The molecule has 1 heterocycles. The van der Waals surface area contributed by atoms with Gasteiger partial charge in [0.05, 0.1) is 0 Å². The molecule has 2 unspecified atom stereocenters. The van der Waals surface area contributed by atoms with Crippen LogP contribution in [-0.2, 0) is 0 Å². The number of piperazine rings is 1. The van der Waals surface area contributed by atoms with Gasteiger partial charge in [-0.15, -0.1) is 0 Å². The molecule has 1 aromatic rings. The van der Waals surface area contributed by atoms with Crippen molar-refractivity contribution < 1.29 is 5.11 Å². The Hall–Kier alpha value is -1.06. The van der Waals surface area contributed by atoms with Crippen LogP contribution in [0.5, 0.6) is 0 Å². The topological polar surface area (TPSA) is 35.5 Å². The fourth-order valence-electron chi connectivity index (χ4n) is 2.75. The molecule has 1 aromatic carbocycles. The first-order chi connectivity index (χ1) is 8.60. The van der Waals surface area contributed by atoms with Gasteiger partial charge in [-0.3, -0.25) is 0 Å². The van der Waals surface area contributed by atoms with E-state index in [1.54, 1.807) is 0 Å². The first-order valence-electron chi connectivity index (χ1n) is 6.79. The van der Waals surface area contributed by atoms with Gasteiger partial charge in [-0.25, -0.2) is 0 Å². The summed E-state index contributed by atoms with van der Waals surface area (Å²) < 4.78 is 0. The Labute approximate surface area is 110 Å². The minimum atomic E-state index is 0.257. The second-order valence-electron chi connectivity index (χ2n) is 5.46. The summed E-state index contributed by atoms with van der Waals surface area (Å²) in [6.07, 6.45) is 0.827. The number of hydrogen-bond donors (Lipinski definition) is 2. The third kappa shape index (κ3) is 3.03. The summed E-state index contributed by atoms with van der Waals surface area (Å²) in [6.45, 7) is 8.76. The fourth-order valence-corrected chi connectivity index (χ4v) is 2.75. The molecule has 2 rings (SSSR count). The molecule has 100 valence electrons. The van der Waals surface area contributed by atoms with Crippen molar-refractivity contribution in [2.24, 2.45) is 0 Å². The number of aryl methyl sites for hydroxylation is 2. The number of hydrogen-bond acceptors (Lipinski definition) is 3. The van der Waals surface area contributed by atoms with Crippen molar-refractivity contribution in [3.8, 4) is 0 Å². The average Bonchev–Trinajstić information content (AvgIpc) is 2.30. The number of rotatable bonds is 3. The van der Waals surface area contributed by atoms with Gasteiger partial charge in [-0.1, -0.05) is 6.07 Å². The van der Waals surface area contributed by atoms with Crippen LogP contribution in [0.25, 0.3) is 0 Å². The zero-order chi connectivity index (χ0) is 13.1. The molecule has 2 atom stereocenters. The Morgan fingerprint density at radius 2 is 1.94 bits per heavy atom. The standard InChI is InChI=1S/C15H24N2O/c1-11-6-12(2)8-15(7-11)17-10-14(4-5-18)16-9-13(17)3/h6-8,13-14,16,18H,4-5,9-10H2,1-3H3. The number of aliphatic hydroxyl groups is 1. The second-order valence-corrected chi connectivity index (χ2v) is 5.46. The SMILES string of the molecule is Cc1cc(C)cc(N2CC(CCO)NCC2C)c1. The van der Waals surface area contributed by atoms with Crippen LogP contribution in [0.4, 0.5) is 5.69 Å². The summed E-state index contributed by atoms with van der Waals surface area (Å²) in [5.41, 5.74) is 3.94. The van der Waals surface area contributed by atoms with Gasteiger partial charge in [0, 0.05) is 37.5 Å². The maximum Gasteiger partial charge on any atom is 0.0446 e. The van der Waals surface area contributed by atoms with E-state index in [0.29, 0.717) is 12.1 Å². The summed E-state index contributed by atoms with van der Waals surface area (Å²) >= 11 is 0. The maximum absolute atomic E-state index is 9.07. The van der Waals surface area contributed by atoms with Crippen molar-refractivity contribution in [1.82, 2.24) is 5.32 Å². The Morgan fingerprint density at radius 1 is 1.28 bits per heavy atom. The van der Waals surface area contributed by atoms with Crippen LogP contribution in [0.3, 0.4) is 0 Å². The molecule has 18 heavy (non-hydrogen) atoms. The minimum absolute atomic E-state index is 0.257. The Balaban J connectivity index is 2.18. The quantitative estimate of drug-likeness (QED) is 0.857. The van der Waals surface area contributed by atoms with Crippen LogP contribution >= 0.6 is 0 Å². The van der Waals surface area contributed by atoms with Crippen LogP contribution < -0.4 is 10.2 Å². The predicted molar refractivity (Wildman–Crippen MR) is 76.2 cm³/mol. The molecule has 0 radical (unpaired) electrons. The van der Waals surface area contributed by atoms with Gasteiger partial charge in [0.25, 0.3) is 0 Å². The zero-order valence-corrected chi connectivity index (χ0v) is 11.6. The van der Waals surface area contributed by atoms with Crippen molar-refractivity contribution in [2.75, 3.05) is 24.6 Å². The largest absolute Gasteiger partial charge is 0.396 e. The molecule has 3 heteroatoms. The smallest absolute Gasteiger partial charge is 0.0446 e. The summed E-state index contributed by atoms with van der Waals surface area (Å²) in [4.78, 5) is 2.46. The first-order valence-corrected chi connectivity index (χ1v) is 6.79. The molecule has 0 aromatic heterocycles. The fraction of sp³-hybridized carbons (Fsp3) is 0.600. The van der Waals surface area contributed by atoms with Crippen LogP contribution in [0.2, 0.25) is 0 Å². The maximum atomic E-state index is 9.07. The van der Waals surface area contributed by atoms with Crippen molar-refractivity contribution >= 4 is 5.69 Å².